The van der Waals surface area contributed by atoms with Crippen molar-refractivity contribution in [2.75, 3.05) is 0 Å². The van der Waals surface area contributed by atoms with Crippen LogP contribution in [0.4, 0.5) is 0 Å². The Bertz CT molecular complexity index is 1570. The van der Waals surface area contributed by atoms with E-state index in [-0.39, 0.29) is 21.7 Å². The van der Waals surface area contributed by atoms with Gasteiger partial charge in [0.2, 0.25) is 0 Å². The quantitative estimate of drug-likeness (QED) is 0.203. The van der Waals surface area contributed by atoms with Crippen LogP contribution in [-0.4, -0.2) is 0 Å². The molecule has 0 spiro atoms. The van der Waals surface area contributed by atoms with Gasteiger partial charge in [0.1, 0.15) is 11.5 Å². The van der Waals surface area contributed by atoms with Gasteiger partial charge in [0, 0.05) is 11.1 Å². The average Bonchev–Trinajstić information content (AvgIpc) is 2.91. The lowest BCUT2D eigenvalue weighted by molar-refractivity contribution is 0.466. The Kier molecular flexibility index (Phi) is 9.50. The van der Waals surface area contributed by atoms with E-state index in [0.717, 1.165) is 16.8 Å². The molecule has 0 radical (unpaired) electrons. The Morgan fingerprint density at radius 3 is 1.48 bits per heavy atom. The third-order valence-electron chi connectivity index (χ3n) is 8.14. The number of benzene rings is 4. The summed E-state index contributed by atoms with van der Waals surface area (Å²) < 4.78 is 14.1. The van der Waals surface area contributed by atoms with Gasteiger partial charge in [-0.1, -0.05) is 144 Å². The van der Waals surface area contributed by atoms with Gasteiger partial charge in [0.05, 0.1) is 5.30 Å². The van der Waals surface area contributed by atoms with Gasteiger partial charge in [-0.25, -0.2) is 0 Å². The summed E-state index contributed by atoms with van der Waals surface area (Å²) in [5.41, 5.74) is 8.52. The van der Waals surface area contributed by atoms with Crippen molar-refractivity contribution in [3.63, 3.8) is 0 Å². The molecular formula is C41H53O2P. The summed E-state index contributed by atoms with van der Waals surface area (Å²) in [4.78, 5) is 0. The second-order valence-corrected chi connectivity index (χ2v) is 17.6. The van der Waals surface area contributed by atoms with Crippen LogP contribution in [0.25, 0.3) is 11.1 Å². The van der Waals surface area contributed by atoms with Gasteiger partial charge in [-0.2, -0.15) is 0 Å². The van der Waals surface area contributed by atoms with E-state index in [0.29, 0.717) is 0 Å². The molecule has 2 nitrogen and oxygen atoms in total. The second-order valence-electron chi connectivity index (χ2n) is 16.2. The summed E-state index contributed by atoms with van der Waals surface area (Å²) in [5, 5.41) is 1.04. The van der Waals surface area contributed by atoms with Crippen molar-refractivity contribution in [3.05, 3.63) is 113 Å². The van der Waals surface area contributed by atoms with Crippen LogP contribution in [0.2, 0.25) is 0 Å². The molecule has 0 saturated carbocycles. The fraction of sp³-hybridized carbons (Fsp3) is 0.415. The molecule has 1 unspecified atom stereocenters. The molecule has 0 aromatic heterocycles. The molecule has 4 aromatic carbocycles. The lowest BCUT2D eigenvalue weighted by Gasteiger charge is -2.31. The topological polar surface area (TPSA) is 18.5 Å². The fourth-order valence-corrected chi connectivity index (χ4v) is 6.83. The third kappa shape index (κ3) is 7.94. The van der Waals surface area contributed by atoms with Gasteiger partial charge in [-0.15, -0.1) is 0 Å². The van der Waals surface area contributed by atoms with Crippen molar-refractivity contribution in [3.8, 4) is 22.6 Å². The van der Waals surface area contributed by atoms with E-state index in [1.807, 2.05) is 0 Å². The molecule has 0 N–H and O–H groups in total. The lowest BCUT2D eigenvalue weighted by atomic mass is 9.78. The predicted molar refractivity (Wildman–Crippen MR) is 192 cm³/mol. The van der Waals surface area contributed by atoms with Gasteiger partial charge < -0.3 is 9.05 Å². The second kappa shape index (κ2) is 12.4. The van der Waals surface area contributed by atoms with E-state index in [1.165, 1.54) is 38.9 Å². The minimum Gasteiger partial charge on any atom is -0.435 e. The van der Waals surface area contributed by atoms with Crippen LogP contribution in [0.3, 0.4) is 0 Å². The summed E-state index contributed by atoms with van der Waals surface area (Å²) >= 11 is 0. The molecule has 1 atom stereocenters. The number of hydrogen-bond donors (Lipinski definition) is 0. The summed E-state index contributed by atoms with van der Waals surface area (Å²) in [6, 6.07) is 30.5. The van der Waals surface area contributed by atoms with E-state index in [2.05, 4.69) is 175 Å². The van der Waals surface area contributed by atoms with Crippen molar-refractivity contribution in [1.29, 1.82) is 0 Å². The summed E-state index contributed by atoms with van der Waals surface area (Å²) in [5.74, 6) is 1.77. The fourth-order valence-electron chi connectivity index (χ4n) is 5.52. The van der Waals surface area contributed by atoms with Crippen LogP contribution >= 0.6 is 8.38 Å². The molecule has 0 amide bonds. The molecule has 0 aliphatic heterocycles. The minimum absolute atomic E-state index is 0.0352. The predicted octanol–water partition coefficient (Wildman–Crippen LogP) is 11.9. The van der Waals surface area contributed by atoms with E-state index >= 15 is 0 Å². The lowest BCUT2D eigenvalue weighted by Crippen LogP contribution is -2.20. The monoisotopic (exact) mass is 608 g/mol. The zero-order valence-corrected chi connectivity index (χ0v) is 30.2. The molecule has 0 aliphatic rings. The van der Waals surface area contributed by atoms with Crippen LogP contribution < -0.4 is 14.4 Å². The Morgan fingerprint density at radius 2 is 0.955 bits per heavy atom. The molecule has 4 aromatic rings. The molecule has 3 heteroatoms. The van der Waals surface area contributed by atoms with E-state index in [1.54, 1.807) is 0 Å². The van der Waals surface area contributed by atoms with Gasteiger partial charge in [0.25, 0.3) is 0 Å². The van der Waals surface area contributed by atoms with Crippen LogP contribution in [0.1, 0.15) is 111 Å². The molecular weight excluding hydrogens is 555 g/mol. The minimum atomic E-state index is -1.50. The Balaban J connectivity index is 1.86. The van der Waals surface area contributed by atoms with Crippen molar-refractivity contribution in [2.24, 2.45) is 0 Å². The van der Waals surface area contributed by atoms with E-state index in [4.69, 9.17) is 9.05 Å². The Labute approximate surface area is 269 Å². The van der Waals surface area contributed by atoms with E-state index in [9.17, 15) is 0 Å². The highest BCUT2D eigenvalue weighted by molar-refractivity contribution is 7.56. The highest BCUT2D eigenvalue weighted by Crippen LogP contribution is 2.48. The van der Waals surface area contributed by atoms with Crippen LogP contribution in [0.15, 0.2) is 84.9 Å². The molecule has 0 heterocycles. The van der Waals surface area contributed by atoms with Gasteiger partial charge in [-0.3, -0.25) is 0 Å². The number of hydrogen-bond acceptors (Lipinski definition) is 2. The van der Waals surface area contributed by atoms with Crippen molar-refractivity contribution in [1.82, 2.24) is 0 Å². The standard InChI is InChI=1S/C41H53O2P/c1-28-25-37(35(41(11,12)13)27-33(28)39(5,6)7)43-44(32-22-19-30(20-23-32)29-17-15-14-16-18-29)42-36-24-21-31(38(2,3)4)26-34(36)40(8,9)10/h14-27H,1-13H3. The first kappa shape index (κ1) is 33.8. The zero-order valence-electron chi connectivity index (χ0n) is 29.3. The van der Waals surface area contributed by atoms with Crippen molar-refractivity contribution in [2.45, 2.75) is 112 Å². The zero-order chi connectivity index (χ0) is 32.7. The van der Waals surface area contributed by atoms with Crippen molar-refractivity contribution >= 4 is 13.7 Å². The Hall–Kier alpha value is -3.09. The van der Waals surface area contributed by atoms with Crippen LogP contribution in [0, 0.1) is 6.92 Å². The first-order chi connectivity index (χ1) is 20.2. The van der Waals surface area contributed by atoms with E-state index < -0.39 is 8.38 Å². The van der Waals surface area contributed by atoms with Gasteiger partial charge in [0.15, 0.2) is 0 Å². The summed E-state index contributed by atoms with van der Waals surface area (Å²) in [7, 11) is -1.50. The van der Waals surface area contributed by atoms with Crippen LogP contribution in [0.5, 0.6) is 11.5 Å². The molecule has 0 aliphatic carbocycles. The van der Waals surface area contributed by atoms with Crippen molar-refractivity contribution < 1.29 is 9.05 Å². The highest BCUT2D eigenvalue weighted by Gasteiger charge is 2.30. The normalized spacial score (nSPS) is 13.5. The number of rotatable bonds is 6. The maximum Gasteiger partial charge on any atom is 0.326 e. The number of aryl methyl sites for hydroxylation is 1. The smallest absolute Gasteiger partial charge is 0.326 e. The molecule has 0 saturated heterocycles. The highest BCUT2D eigenvalue weighted by atomic mass is 31.2. The summed E-state index contributed by atoms with van der Waals surface area (Å²) in [6.45, 7) is 29.4. The molecule has 234 valence electrons. The van der Waals surface area contributed by atoms with Crippen LogP contribution in [-0.2, 0) is 21.7 Å². The van der Waals surface area contributed by atoms with Gasteiger partial charge in [-0.05, 0) is 80.7 Å². The first-order valence-electron chi connectivity index (χ1n) is 15.9. The molecule has 44 heavy (non-hydrogen) atoms. The largest absolute Gasteiger partial charge is 0.435 e. The van der Waals surface area contributed by atoms with Gasteiger partial charge >= 0.3 is 8.38 Å². The summed E-state index contributed by atoms with van der Waals surface area (Å²) in [6.07, 6.45) is 0. The maximum atomic E-state index is 7.06. The average molecular weight is 609 g/mol. The Morgan fingerprint density at radius 1 is 0.455 bits per heavy atom. The first-order valence-corrected chi connectivity index (χ1v) is 17.0. The SMILES string of the molecule is Cc1cc(OP(Oc2ccc(C(C)(C)C)cc2C(C)(C)C)c2ccc(-c3ccccc3)cc2)c(C(C)(C)C)cc1C(C)(C)C. The maximum absolute atomic E-state index is 7.06. The third-order valence-corrected chi connectivity index (χ3v) is 9.59. The molecule has 0 fully saturated rings. The molecule has 4 rings (SSSR count). The molecule has 0 bridgehead atoms.